The lowest BCUT2D eigenvalue weighted by atomic mass is 10.2. The zero-order valence-corrected chi connectivity index (χ0v) is 7.55. The van der Waals surface area contributed by atoms with Crippen LogP contribution >= 0.6 is 11.6 Å². The lowest BCUT2D eigenvalue weighted by molar-refractivity contribution is 0.343. The Labute approximate surface area is 80.4 Å². The Morgan fingerprint density at radius 1 is 1.54 bits per heavy atom. The van der Waals surface area contributed by atoms with Gasteiger partial charge in [0.05, 0.1) is 17.3 Å². The summed E-state index contributed by atoms with van der Waals surface area (Å²) in [6, 6.07) is 3.02. The third-order valence-electron chi connectivity index (χ3n) is 1.54. The number of benzene rings is 1. The highest BCUT2D eigenvalue weighted by Gasteiger charge is 2.06. The molecule has 13 heavy (non-hydrogen) atoms. The highest BCUT2D eigenvalue weighted by Crippen LogP contribution is 2.25. The largest absolute Gasteiger partial charge is 0.396 e. The Hall–Kier alpha value is -1.06. The van der Waals surface area contributed by atoms with Crippen molar-refractivity contribution in [1.29, 1.82) is 0 Å². The zero-order valence-electron chi connectivity index (χ0n) is 6.80. The van der Waals surface area contributed by atoms with Gasteiger partial charge in [-0.05, 0) is 11.6 Å². The average Bonchev–Trinajstić information content (AvgIpc) is 2.13. The van der Waals surface area contributed by atoms with Crippen LogP contribution < -0.4 is 5.73 Å². The van der Waals surface area contributed by atoms with Gasteiger partial charge in [0.25, 0.3) is 0 Å². The van der Waals surface area contributed by atoms with Crippen LogP contribution in [0.4, 0.5) is 10.1 Å². The summed E-state index contributed by atoms with van der Waals surface area (Å²) in [5.41, 5.74) is 5.81. The van der Waals surface area contributed by atoms with Gasteiger partial charge in [0.2, 0.25) is 0 Å². The second kappa shape index (κ2) is 4.25. The van der Waals surface area contributed by atoms with Crippen LogP contribution in [-0.4, -0.2) is 11.7 Å². The molecule has 2 nitrogen and oxygen atoms in total. The minimum Gasteiger partial charge on any atom is -0.396 e. The standard InChI is InChI=1S/C9H9ClFNO/c10-8-6(2-1-5-13)3-4-7(12)9(8)11/h1-4,13H,5,12H2. The Balaban J connectivity index is 3.11. The summed E-state index contributed by atoms with van der Waals surface area (Å²) in [5, 5.41) is 8.47. The van der Waals surface area contributed by atoms with Gasteiger partial charge in [0, 0.05) is 0 Å². The molecule has 0 heterocycles. The van der Waals surface area contributed by atoms with Gasteiger partial charge in [-0.3, -0.25) is 0 Å². The van der Waals surface area contributed by atoms with Crippen molar-refractivity contribution < 1.29 is 9.50 Å². The van der Waals surface area contributed by atoms with Crippen molar-refractivity contribution in [3.8, 4) is 0 Å². The first-order chi connectivity index (χ1) is 6.16. The Morgan fingerprint density at radius 3 is 2.85 bits per heavy atom. The SMILES string of the molecule is Nc1ccc(C=CCO)c(Cl)c1F. The molecule has 0 aliphatic rings. The van der Waals surface area contributed by atoms with Crippen LogP contribution in [0.3, 0.4) is 0 Å². The summed E-state index contributed by atoms with van der Waals surface area (Å²) in [7, 11) is 0. The van der Waals surface area contributed by atoms with Crippen molar-refractivity contribution in [1.82, 2.24) is 0 Å². The van der Waals surface area contributed by atoms with Crippen LogP contribution in [0, 0.1) is 5.82 Å². The minimum absolute atomic E-state index is 0.0196. The van der Waals surface area contributed by atoms with E-state index in [0.717, 1.165) is 0 Å². The van der Waals surface area contributed by atoms with Crippen LogP contribution in [0.1, 0.15) is 5.56 Å². The molecule has 1 aromatic carbocycles. The predicted molar refractivity (Wildman–Crippen MR) is 51.9 cm³/mol. The summed E-state index contributed by atoms with van der Waals surface area (Å²) in [6.45, 7) is -0.109. The lowest BCUT2D eigenvalue weighted by Crippen LogP contribution is -1.92. The number of halogens is 2. The van der Waals surface area contributed by atoms with E-state index in [0.29, 0.717) is 5.56 Å². The minimum atomic E-state index is -0.623. The summed E-state index contributed by atoms with van der Waals surface area (Å²) < 4.78 is 13.1. The molecule has 0 aliphatic carbocycles. The van der Waals surface area contributed by atoms with Crippen molar-refractivity contribution in [3.05, 3.63) is 34.6 Å². The Kier molecular flexibility index (Phi) is 3.28. The van der Waals surface area contributed by atoms with Crippen molar-refractivity contribution >= 4 is 23.4 Å². The van der Waals surface area contributed by atoms with Gasteiger partial charge in [-0.15, -0.1) is 0 Å². The normalized spacial score (nSPS) is 11.0. The summed E-state index contributed by atoms with van der Waals surface area (Å²) in [5.74, 6) is -0.623. The van der Waals surface area contributed by atoms with Crippen LogP contribution in [0.2, 0.25) is 5.02 Å². The number of hydrogen-bond donors (Lipinski definition) is 2. The van der Waals surface area contributed by atoms with Gasteiger partial charge in [-0.1, -0.05) is 29.8 Å². The molecule has 0 atom stereocenters. The van der Waals surface area contributed by atoms with E-state index >= 15 is 0 Å². The van der Waals surface area contributed by atoms with Gasteiger partial charge in [-0.25, -0.2) is 4.39 Å². The Bertz CT molecular complexity index is 339. The van der Waals surface area contributed by atoms with Crippen molar-refractivity contribution in [2.24, 2.45) is 0 Å². The zero-order chi connectivity index (χ0) is 9.84. The number of hydrogen-bond acceptors (Lipinski definition) is 2. The fourth-order valence-corrected chi connectivity index (χ4v) is 1.12. The van der Waals surface area contributed by atoms with Crippen LogP contribution in [0.5, 0.6) is 0 Å². The van der Waals surface area contributed by atoms with E-state index in [-0.39, 0.29) is 17.3 Å². The molecule has 0 radical (unpaired) electrons. The maximum atomic E-state index is 13.1. The van der Waals surface area contributed by atoms with Crippen LogP contribution in [-0.2, 0) is 0 Å². The molecule has 0 unspecified atom stereocenters. The van der Waals surface area contributed by atoms with E-state index in [1.807, 2.05) is 0 Å². The number of aliphatic hydroxyl groups is 1. The average molecular weight is 202 g/mol. The highest BCUT2D eigenvalue weighted by molar-refractivity contribution is 6.32. The van der Waals surface area contributed by atoms with Gasteiger partial charge in [-0.2, -0.15) is 0 Å². The molecule has 0 aliphatic heterocycles. The molecule has 1 aromatic rings. The first kappa shape index (κ1) is 10.0. The molecule has 0 aromatic heterocycles. The fourth-order valence-electron chi connectivity index (χ4n) is 0.888. The molecule has 0 spiro atoms. The fraction of sp³-hybridized carbons (Fsp3) is 0.111. The van der Waals surface area contributed by atoms with E-state index in [4.69, 9.17) is 22.4 Å². The smallest absolute Gasteiger partial charge is 0.165 e. The quantitative estimate of drug-likeness (QED) is 0.720. The van der Waals surface area contributed by atoms with Gasteiger partial charge >= 0.3 is 0 Å². The number of nitrogens with two attached hydrogens (primary N) is 1. The molecular formula is C9H9ClFNO. The molecule has 1 rings (SSSR count). The highest BCUT2D eigenvalue weighted by atomic mass is 35.5. The number of aliphatic hydroxyl groups excluding tert-OH is 1. The number of nitrogen functional groups attached to an aromatic ring is 1. The molecule has 70 valence electrons. The van der Waals surface area contributed by atoms with Crippen molar-refractivity contribution in [2.45, 2.75) is 0 Å². The maximum absolute atomic E-state index is 13.1. The third kappa shape index (κ3) is 2.20. The predicted octanol–water partition coefficient (Wildman–Crippen LogP) is 2.07. The van der Waals surface area contributed by atoms with Gasteiger partial charge in [0.1, 0.15) is 0 Å². The van der Waals surface area contributed by atoms with Crippen LogP contribution in [0.25, 0.3) is 6.08 Å². The van der Waals surface area contributed by atoms with E-state index in [1.54, 1.807) is 6.07 Å². The molecule has 0 saturated carbocycles. The molecule has 0 bridgehead atoms. The second-order valence-electron chi connectivity index (χ2n) is 2.46. The monoisotopic (exact) mass is 201 g/mol. The first-order valence-electron chi connectivity index (χ1n) is 3.67. The number of anilines is 1. The van der Waals surface area contributed by atoms with Crippen LogP contribution in [0.15, 0.2) is 18.2 Å². The third-order valence-corrected chi connectivity index (χ3v) is 1.93. The summed E-state index contributed by atoms with van der Waals surface area (Å²) in [4.78, 5) is 0. The first-order valence-corrected chi connectivity index (χ1v) is 4.05. The van der Waals surface area contributed by atoms with E-state index in [2.05, 4.69) is 0 Å². The number of rotatable bonds is 2. The van der Waals surface area contributed by atoms with Crippen molar-refractivity contribution in [2.75, 3.05) is 12.3 Å². The molecule has 0 amide bonds. The molecule has 0 fully saturated rings. The molecular weight excluding hydrogens is 193 g/mol. The van der Waals surface area contributed by atoms with Gasteiger partial charge < -0.3 is 10.8 Å². The van der Waals surface area contributed by atoms with Gasteiger partial charge in [0.15, 0.2) is 5.82 Å². The molecule has 0 saturated heterocycles. The topological polar surface area (TPSA) is 46.2 Å². The van der Waals surface area contributed by atoms with E-state index in [1.165, 1.54) is 18.2 Å². The lowest BCUT2D eigenvalue weighted by Gasteiger charge is -2.02. The molecule has 4 heteroatoms. The second-order valence-corrected chi connectivity index (χ2v) is 2.83. The van der Waals surface area contributed by atoms with E-state index < -0.39 is 5.82 Å². The van der Waals surface area contributed by atoms with E-state index in [9.17, 15) is 4.39 Å². The Morgan fingerprint density at radius 2 is 2.23 bits per heavy atom. The summed E-state index contributed by atoms with van der Waals surface area (Å²) in [6.07, 6.45) is 3.00. The summed E-state index contributed by atoms with van der Waals surface area (Å²) >= 11 is 5.65. The van der Waals surface area contributed by atoms with Crippen molar-refractivity contribution in [3.63, 3.8) is 0 Å². The maximum Gasteiger partial charge on any atom is 0.165 e. The molecule has 3 N–H and O–H groups in total.